The van der Waals surface area contributed by atoms with Gasteiger partial charge in [-0.25, -0.2) is 10.2 Å². The van der Waals surface area contributed by atoms with Gasteiger partial charge in [0.25, 0.3) is 5.91 Å². The third kappa shape index (κ3) is 4.99. The van der Waals surface area contributed by atoms with Crippen LogP contribution in [0, 0.1) is 0 Å². The molecule has 8 heteroatoms. The minimum Gasteiger partial charge on any atom is -0.395 e. The van der Waals surface area contributed by atoms with Crippen LogP contribution in [-0.4, -0.2) is 61.9 Å². The Hall–Kier alpha value is -3.07. The van der Waals surface area contributed by atoms with E-state index in [-0.39, 0.29) is 18.7 Å². The lowest BCUT2D eigenvalue weighted by Gasteiger charge is -2.22. The fourth-order valence-electron chi connectivity index (χ4n) is 4.19. The number of amides is 1. The molecule has 1 saturated heterocycles. The van der Waals surface area contributed by atoms with Gasteiger partial charge in [0.05, 0.1) is 18.8 Å². The predicted molar refractivity (Wildman–Crippen MR) is 116 cm³/mol. The van der Waals surface area contributed by atoms with Crippen LogP contribution in [-0.2, 0) is 6.42 Å². The summed E-state index contributed by atoms with van der Waals surface area (Å²) in [5, 5.41) is 27.2. The van der Waals surface area contributed by atoms with Crippen molar-refractivity contribution in [3.63, 3.8) is 0 Å². The summed E-state index contributed by atoms with van der Waals surface area (Å²) in [6.07, 6.45) is 4.81. The van der Waals surface area contributed by atoms with Gasteiger partial charge in [0.1, 0.15) is 5.69 Å². The first-order valence-corrected chi connectivity index (χ1v) is 10.5. The highest BCUT2D eigenvalue weighted by Gasteiger charge is 2.33. The van der Waals surface area contributed by atoms with Crippen molar-refractivity contribution in [1.82, 2.24) is 25.4 Å². The predicted octanol–water partition coefficient (Wildman–Crippen LogP) is 2.30. The van der Waals surface area contributed by atoms with Crippen LogP contribution < -0.4 is 5.48 Å². The second-order valence-corrected chi connectivity index (χ2v) is 7.91. The Morgan fingerprint density at radius 2 is 1.90 bits per heavy atom. The van der Waals surface area contributed by atoms with Gasteiger partial charge in [-0.1, -0.05) is 47.7 Å². The van der Waals surface area contributed by atoms with Gasteiger partial charge in [-0.05, 0) is 43.5 Å². The van der Waals surface area contributed by atoms with Crippen LogP contribution in [0.5, 0.6) is 0 Å². The van der Waals surface area contributed by atoms with Crippen LogP contribution in [0.4, 0.5) is 0 Å². The van der Waals surface area contributed by atoms with E-state index in [0.717, 1.165) is 43.6 Å². The SMILES string of the molecule is O=C(NO)c1ccc(-c2cn([C@@H]3C[C@H](CO)N(CCCc4ccccc4)C3)nn2)cc1. The fraction of sp³-hybridized carbons (Fsp3) is 0.348. The molecule has 0 saturated carbocycles. The first-order chi connectivity index (χ1) is 15.2. The Bertz CT molecular complexity index is 990. The number of hydroxylamine groups is 1. The first-order valence-electron chi connectivity index (χ1n) is 10.5. The molecule has 0 bridgehead atoms. The summed E-state index contributed by atoms with van der Waals surface area (Å²) in [5.41, 5.74) is 4.89. The zero-order valence-electron chi connectivity index (χ0n) is 17.3. The second-order valence-electron chi connectivity index (χ2n) is 7.91. The first kappa shape index (κ1) is 21.2. The number of benzene rings is 2. The zero-order chi connectivity index (χ0) is 21.6. The van der Waals surface area contributed by atoms with Crippen LogP contribution in [0.15, 0.2) is 60.8 Å². The van der Waals surface area contributed by atoms with Crippen LogP contribution in [0.25, 0.3) is 11.3 Å². The average Bonchev–Trinajstić information content (AvgIpc) is 3.47. The lowest BCUT2D eigenvalue weighted by Crippen LogP contribution is -2.33. The third-order valence-electron chi connectivity index (χ3n) is 5.90. The normalized spacial score (nSPS) is 18.9. The van der Waals surface area contributed by atoms with Crippen molar-refractivity contribution in [2.45, 2.75) is 31.3 Å². The van der Waals surface area contributed by atoms with Gasteiger partial charge >= 0.3 is 0 Å². The summed E-state index contributed by atoms with van der Waals surface area (Å²) in [7, 11) is 0. The standard InChI is InChI=1S/C23H27N5O3/c29-16-21-13-20(14-27(21)12-4-7-17-5-2-1-3-6-17)28-15-22(24-26-28)18-8-10-19(11-9-18)23(30)25-31/h1-3,5-6,8-11,15,20-21,29,31H,4,7,12-14,16H2,(H,25,30)/t20-,21-/m1/s1. The van der Waals surface area contributed by atoms with Crippen LogP contribution in [0.2, 0.25) is 0 Å². The molecule has 162 valence electrons. The van der Waals surface area contributed by atoms with Gasteiger partial charge < -0.3 is 5.11 Å². The molecule has 0 aliphatic carbocycles. The number of aromatic nitrogens is 3. The maximum absolute atomic E-state index is 11.5. The number of hydrogen-bond acceptors (Lipinski definition) is 6. The van der Waals surface area contributed by atoms with E-state index in [9.17, 15) is 9.90 Å². The minimum atomic E-state index is -0.552. The topological polar surface area (TPSA) is 104 Å². The highest BCUT2D eigenvalue weighted by Crippen LogP contribution is 2.28. The lowest BCUT2D eigenvalue weighted by molar-refractivity contribution is 0.0706. The van der Waals surface area contributed by atoms with Gasteiger partial charge in [0.15, 0.2) is 0 Å². The number of carbonyl (C=O) groups is 1. The van der Waals surface area contributed by atoms with E-state index in [4.69, 9.17) is 5.21 Å². The molecule has 3 N–H and O–H groups in total. The molecule has 2 heterocycles. The minimum absolute atomic E-state index is 0.129. The Balaban J connectivity index is 1.37. The van der Waals surface area contributed by atoms with Crippen molar-refractivity contribution in [2.24, 2.45) is 0 Å². The number of hydrogen-bond donors (Lipinski definition) is 3. The second kappa shape index (κ2) is 9.82. The molecule has 3 aromatic rings. The molecule has 1 aromatic heterocycles. The number of likely N-dealkylation sites (tertiary alicyclic amines) is 1. The molecule has 31 heavy (non-hydrogen) atoms. The molecular weight excluding hydrogens is 394 g/mol. The van der Waals surface area contributed by atoms with Gasteiger partial charge in [-0.3, -0.25) is 14.9 Å². The Morgan fingerprint density at radius 3 is 2.61 bits per heavy atom. The fourth-order valence-corrected chi connectivity index (χ4v) is 4.19. The Labute approximate surface area is 181 Å². The summed E-state index contributed by atoms with van der Waals surface area (Å²) in [6, 6.07) is 17.6. The number of aryl methyl sites for hydroxylation is 1. The number of carbonyl (C=O) groups excluding carboxylic acids is 1. The monoisotopic (exact) mass is 421 g/mol. The maximum atomic E-state index is 11.5. The van der Waals surface area contributed by atoms with E-state index in [1.165, 1.54) is 5.56 Å². The van der Waals surface area contributed by atoms with Crippen molar-refractivity contribution in [3.05, 3.63) is 71.9 Å². The van der Waals surface area contributed by atoms with Gasteiger partial charge in [-0.2, -0.15) is 0 Å². The number of nitrogens with zero attached hydrogens (tertiary/aromatic N) is 4. The molecule has 8 nitrogen and oxygen atoms in total. The molecule has 1 aliphatic rings. The molecule has 2 atom stereocenters. The Morgan fingerprint density at radius 1 is 1.13 bits per heavy atom. The van der Waals surface area contributed by atoms with Crippen LogP contribution >= 0.6 is 0 Å². The molecule has 0 radical (unpaired) electrons. The summed E-state index contributed by atoms with van der Waals surface area (Å²) < 4.78 is 1.88. The molecule has 1 fully saturated rings. The summed E-state index contributed by atoms with van der Waals surface area (Å²) >= 11 is 0. The van der Waals surface area contributed by atoms with E-state index < -0.39 is 5.91 Å². The third-order valence-corrected chi connectivity index (χ3v) is 5.90. The van der Waals surface area contributed by atoms with Crippen LogP contribution in [0.1, 0.15) is 34.8 Å². The lowest BCUT2D eigenvalue weighted by atomic mass is 10.1. The number of aliphatic hydroxyl groups excluding tert-OH is 1. The molecule has 2 aromatic carbocycles. The molecule has 4 rings (SSSR count). The quantitative estimate of drug-likeness (QED) is 0.381. The van der Waals surface area contributed by atoms with Crippen molar-refractivity contribution in [3.8, 4) is 11.3 Å². The van der Waals surface area contributed by atoms with Gasteiger partial charge in [-0.15, -0.1) is 5.10 Å². The largest absolute Gasteiger partial charge is 0.395 e. The van der Waals surface area contributed by atoms with E-state index in [1.54, 1.807) is 29.7 Å². The Kier molecular flexibility index (Phi) is 6.71. The zero-order valence-corrected chi connectivity index (χ0v) is 17.3. The van der Waals surface area contributed by atoms with Crippen molar-refractivity contribution in [2.75, 3.05) is 19.7 Å². The summed E-state index contributed by atoms with van der Waals surface area (Å²) in [6.45, 7) is 1.91. The van der Waals surface area contributed by atoms with E-state index in [1.807, 2.05) is 16.9 Å². The number of aliphatic hydroxyl groups is 1. The maximum Gasteiger partial charge on any atom is 0.274 e. The van der Waals surface area contributed by atoms with E-state index >= 15 is 0 Å². The molecular formula is C23H27N5O3. The number of rotatable bonds is 8. The van der Waals surface area contributed by atoms with Crippen molar-refractivity contribution in [1.29, 1.82) is 0 Å². The average molecular weight is 422 g/mol. The highest BCUT2D eigenvalue weighted by molar-refractivity contribution is 5.93. The summed E-state index contributed by atoms with van der Waals surface area (Å²) in [4.78, 5) is 13.8. The smallest absolute Gasteiger partial charge is 0.274 e. The van der Waals surface area contributed by atoms with Crippen LogP contribution in [0.3, 0.4) is 0 Å². The molecule has 0 unspecified atom stereocenters. The van der Waals surface area contributed by atoms with Crippen molar-refractivity contribution < 1.29 is 15.1 Å². The van der Waals surface area contributed by atoms with E-state index in [0.29, 0.717) is 5.56 Å². The van der Waals surface area contributed by atoms with Gasteiger partial charge in [0.2, 0.25) is 0 Å². The van der Waals surface area contributed by atoms with E-state index in [2.05, 4.69) is 39.5 Å². The van der Waals surface area contributed by atoms with Crippen molar-refractivity contribution >= 4 is 5.91 Å². The number of nitrogens with one attached hydrogen (secondary N) is 1. The molecule has 0 spiro atoms. The highest BCUT2D eigenvalue weighted by atomic mass is 16.5. The molecule has 1 amide bonds. The molecule has 1 aliphatic heterocycles. The van der Waals surface area contributed by atoms with Gasteiger partial charge in [0, 0.05) is 23.7 Å². The summed E-state index contributed by atoms with van der Waals surface area (Å²) in [5.74, 6) is -0.552.